The molecule has 0 aliphatic heterocycles. The van der Waals surface area contributed by atoms with Crippen molar-refractivity contribution in [2.75, 3.05) is 6.54 Å². The van der Waals surface area contributed by atoms with E-state index in [1.165, 1.54) is 18.4 Å². The summed E-state index contributed by atoms with van der Waals surface area (Å²) < 4.78 is 0. The molecule has 1 fully saturated rings. The van der Waals surface area contributed by atoms with E-state index in [0.717, 1.165) is 0 Å². The first kappa shape index (κ1) is 12.5. The van der Waals surface area contributed by atoms with E-state index in [-0.39, 0.29) is 12.3 Å². The monoisotopic (exact) mass is 248 g/mol. The van der Waals surface area contributed by atoms with Crippen molar-refractivity contribution in [3.05, 3.63) is 29.6 Å². The number of hydrogen-bond acceptors (Lipinski definition) is 3. The Labute approximate surface area is 105 Å². The molecule has 1 amide bonds. The van der Waals surface area contributed by atoms with Gasteiger partial charge in [0.2, 0.25) is 0 Å². The van der Waals surface area contributed by atoms with Crippen LogP contribution in [-0.2, 0) is 4.79 Å². The summed E-state index contributed by atoms with van der Waals surface area (Å²) in [6, 6.07) is 3.66. The molecule has 0 aromatic carbocycles. The summed E-state index contributed by atoms with van der Waals surface area (Å²) in [6.07, 6.45) is 4.67. The van der Waals surface area contributed by atoms with Crippen molar-refractivity contribution in [1.82, 2.24) is 10.3 Å². The Morgan fingerprint density at radius 2 is 2.17 bits per heavy atom. The first-order chi connectivity index (χ1) is 8.66. The second kappa shape index (κ2) is 5.62. The maximum absolute atomic E-state index is 11.7. The zero-order valence-electron chi connectivity index (χ0n) is 10.1. The number of nitrogens with zero attached hydrogens (tertiary/aromatic N) is 1. The second-order valence-electron chi connectivity index (χ2n) is 4.50. The summed E-state index contributed by atoms with van der Waals surface area (Å²) >= 11 is 0. The first-order valence-corrected chi connectivity index (χ1v) is 6.13. The predicted molar refractivity (Wildman–Crippen MR) is 65.4 cm³/mol. The van der Waals surface area contributed by atoms with Crippen molar-refractivity contribution in [3.63, 3.8) is 0 Å². The third kappa shape index (κ3) is 3.55. The molecule has 1 aromatic heterocycles. The fourth-order valence-electron chi connectivity index (χ4n) is 1.73. The number of carboxylic acid groups (broad SMARTS) is 1. The number of aliphatic carboxylic acids is 1. The Morgan fingerprint density at radius 3 is 2.72 bits per heavy atom. The highest BCUT2D eigenvalue weighted by molar-refractivity contribution is 5.92. The van der Waals surface area contributed by atoms with Crippen molar-refractivity contribution in [3.8, 4) is 0 Å². The molecule has 2 N–H and O–H groups in total. The van der Waals surface area contributed by atoms with Gasteiger partial charge in [-0.3, -0.25) is 14.6 Å². The van der Waals surface area contributed by atoms with E-state index in [9.17, 15) is 9.59 Å². The molecule has 5 nitrogen and oxygen atoms in total. The van der Waals surface area contributed by atoms with Crippen molar-refractivity contribution in [2.45, 2.75) is 31.6 Å². The lowest BCUT2D eigenvalue weighted by molar-refractivity contribution is -0.137. The fourth-order valence-corrected chi connectivity index (χ4v) is 1.73. The molecule has 1 aromatic rings. The van der Waals surface area contributed by atoms with E-state index in [1.807, 2.05) is 6.07 Å². The Hall–Kier alpha value is -1.91. The second-order valence-corrected chi connectivity index (χ2v) is 4.50. The van der Waals surface area contributed by atoms with E-state index >= 15 is 0 Å². The van der Waals surface area contributed by atoms with Crippen LogP contribution in [0.3, 0.4) is 0 Å². The summed E-state index contributed by atoms with van der Waals surface area (Å²) in [5, 5.41) is 11.1. The van der Waals surface area contributed by atoms with Gasteiger partial charge in [0.15, 0.2) is 0 Å². The number of carbonyl (C=O) groups excluding carboxylic acids is 1. The summed E-state index contributed by atoms with van der Waals surface area (Å²) in [6.45, 7) is 0.358. The van der Waals surface area contributed by atoms with Crippen LogP contribution in [0.2, 0.25) is 0 Å². The largest absolute Gasteiger partial charge is 0.481 e. The highest BCUT2D eigenvalue weighted by Crippen LogP contribution is 2.39. The van der Waals surface area contributed by atoms with Crippen LogP contribution in [0, 0.1) is 0 Å². The highest BCUT2D eigenvalue weighted by atomic mass is 16.4. The van der Waals surface area contributed by atoms with Crippen LogP contribution >= 0.6 is 0 Å². The minimum atomic E-state index is -0.851. The molecule has 96 valence electrons. The predicted octanol–water partition coefficient (Wildman–Crippen LogP) is 1.55. The van der Waals surface area contributed by atoms with E-state index in [0.29, 0.717) is 24.6 Å². The van der Waals surface area contributed by atoms with Crippen LogP contribution in [0.25, 0.3) is 0 Å². The van der Waals surface area contributed by atoms with Gasteiger partial charge in [0.25, 0.3) is 5.91 Å². The number of nitrogens with one attached hydrogen (secondary N) is 1. The molecule has 0 spiro atoms. The topological polar surface area (TPSA) is 79.3 Å². The third-order valence-corrected chi connectivity index (χ3v) is 2.92. The molecule has 0 bridgehead atoms. The lowest BCUT2D eigenvalue weighted by Crippen LogP contribution is -2.25. The van der Waals surface area contributed by atoms with E-state index in [4.69, 9.17) is 5.11 Å². The minimum Gasteiger partial charge on any atom is -0.481 e. The lowest BCUT2D eigenvalue weighted by atomic mass is 10.2. The smallest absolute Gasteiger partial charge is 0.303 e. The Bertz CT molecular complexity index is 438. The number of aromatic nitrogens is 1. The van der Waals surface area contributed by atoms with Gasteiger partial charge >= 0.3 is 5.97 Å². The van der Waals surface area contributed by atoms with Gasteiger partial charge in [-0.1, -0.05) is 6.07 Å². The zero-order chi connectivity index (χ0) is 13.0. The van der Waals surface area contributed by atoms with Gasteiger partial charge in [0.05, 0.1) is 0 Å². The summed E-state index contributed by atoms with van der Waals surface area (Å²) in [4.78, 5) is 26.1. The maximum Gasteiger partial charge on any atom is 0.303 e. The van der Waals surface area contributed by atoms with Gasteiger partial charge in [-0.2, -0.15) is 0 Å². The van der Waals surface area contributed by atoms with Gasteiger partial charge in [0, 0.05) is 19.2 Å². The quantitative estimate of drug-likeness (QED) is 0.749. The molecule has 1 aliphatic carbocycles. The third-order valence-electron chi connectivity index (χ3n) is 2.92. The molecule has 1 saturated carbocycles. The minimum absolute atomic E-state index is 0.0638. The Morgan fingerprint density at radius 1 is 1.39 bits per heavy atom. The van der Waals surface area contributed by atoms with E-state index < -0.39 is 5.97 Å². The SMILES string of the molecule is O=C(O)CCCNC(=O)c1ccc(C2CC2)cn1. The summed E-state index contributed by atoms with van der Waals surface area (Å²) in [5.74, 6) is -0.468. The molecule has 0 atom stereocenters. The van der Waals surface area contributed by atoms with Crippen molar-refractivity contribution >= 4 is 11.9 Å². The van der Waals surface area contributed by atoms with E-state index in [1.54, 1.807) is 12.3 Å². The molecule has 18 heavy (non-hydrogen) atoms. The van der Waals surface area contributed by atoms with Crippen LogP contribution in [0.5, 0.6) is 0 Å². The lowest BCUT2D eigenvalue weighted by Gasteiger charge is -2.04. The molecule has 1 aliphatic rings. The van der Waals surface area contributed by atoms with Crippen LogP contribution in [-0.4, -0.2) is 28.5 Å². The molecule has 2 rings (SSSR count). The molecule has 0 radical (unpaired) electrons. The number of pyridine rings is 1. The zero-order valence-corrected chi connectivity index (χ0v) is 10.1. The van der Waals surface area contributed by atoms with E-state index in [2.05, 4.69) is 10.3 Å². The van der Waals surface area contributed by atoms with Crippen molar-refractivity contribution in [1.29, 1.82) is 0 Å². The van der Waals surface area contributed by atoms with Crippen LogP contribution < -0.4 is 5.32 Å². The molecular formula is C13H16N2O3. The van der Waals surface area contributed by atoms with Crippen LogP contribution in [0.1, 0.15) is 47.7 Å². The van der Waals surface area contributed by atoms with Gasteiger partial charge in [-0.05, 0) is 36.8 Å². The number of amides is 1. The van der Waals surface area contributed by atoms with Crippen LogP contribution in [0.15, 0.2) is 18.3 Å². The molecule has 0 saturated heterocycles. The van der Waals surface area contributed by atoms with Crippen molar-refractivity contribution in [2.24, 2.45) is 0 Å². The Kier molecular flexibility index (Phi) is 3.92. The van der Waals surface area contributed by atoms with Gasteiger partial charge in [-0.25, -0.2) is 0 Å². The number of carboxylic acids is 1. The summed E-state index contributed by atoms with van der Waals surface area (Å²) in [5.41, 5.74) is 1.58. The number of hydrogen-bond donors (Lipinski definition) is 2. The maximum atomic E-state index is 11.7. The highest BCUT2D eigenvalue weighted by Gasteiger charge is 2.23. The average Bonchev–Trinajstić information content (AvgIpc) is 3.18. The number of carbonyl (C=O) groups is 2. The van der Waals surface area contributed by atoms with Crippen molar-refractivity contribution < 1.29 is 14.7 Å². The van der Waals surface area contributed by atoms with Crippen LogP contribution in [0.4, 0.5) is 0 Å². The fraction of sp³-hybridized carbons (Fsp3) is 0.462. The molecular weight excluding hydrogens is 232 g/mol. The average molecular weight is 248 g/mol. The standard InChI is InChI=1S/C13H16N2O3/c16-12(17)2-1-7-14-13(18)11-6-5-10(8-15-11)9-3-4-9/h5-6,8-9H,1-4,7H2,(H,14,18)(H,16,17). The molecule has 1 heterocycles. The van der Waals surface area contributed by atoms with Gasteiger partial charge in [-0.15, -0.1) is 0 Å². The normalized spacial score (nSPS) is 14.2. The Balaban J connectivity index is 1.79. The molecule has 0 unspecified atom stereocenters. The number of rotatable bonds is 6. The molecule has 5 heteroatoms. The van der Waals surface area contributed by atoms with Gasteiger partial charge < -0.3 is 10.4 Å². The first-order valence-electron chi connectivity index (χ1n) is 6.13. The summed E-state index contributed by atoms with van der Waals surface area (Å²) in [7, 11) is 0. The van der Waals surface area contributed by atoms with Gasteiger partial charge in [0.1, 0.15) is 5.69 Å².